The van der Waals surface area contributed by atoms with E-state index in [1.807, 2.05) is 54.6 Å². The first-order valence-electron chi connectivity index (χ1n) is 9.31. The number of nitrogens with zero attached hydrogens (tertiary/aromatic N) is 2. The molecule has 146 valence electrons. The molecule has 7 heteroatoms. The van der Waals surface area contributed by atoms with Gasteiger partial charge in [-0.1, -0.05) is 49.4 Å². The fraction of sp³-hybridized carbons (Fsp3) is 0.136. The molecule has 0 saturated carbocycles. The van der Waals surface area contributed by atoms with E-state index in [9.17, 15) is 14.7 Å². The molecule has 2 heterocycles. The van der Waals surface area contributed by atoms with Crippen molar-refractivity contribution >= 4 is 23.4 Å². The van der Waals surface area contributed by atoms with E-state index < -0.39 is 12.0 Å². The van der Waals surface area contributed by atoms with E-state index in [2.05, 4.69) is 22.7 Å². The molecule has 1 aliphatic heterocycles. The van der Waals surface area contributed by atoms with Gasteiger partial charge in [-0.05, 0) is 35.8 Å². The third kappa shape index (κ3) is 3.62. The Bertz CT molecular complexity index is 1090. The van der Waals surface area contributed by atoms with Gasteiger partial charge in [0.2, 0.25) is 0 Å². The van der Waals surface area contributed by atoms with Crippen LogP contribution in [0.3, 0.4) is 0 Å². The minimum atomic E-state index is -1.10. The van der Waals surface area contributed by atoms with Crippen molar-refractivity contribution in [1.29, 1.82) is 0 Å². The first-order chi connectivity index (χ1) is 14.1. The largest absolute Gasteiger partial charge is 0.477 e. The van der Waals surface area contributed by atoms with Crippen LogP contribution in [0.5, 0.6) is 0 Å². The van der Waals surface area contributed by atoms with Crippen molar-refractivity contribution in [1.82, 2.24) is 9.78 Å². The highest BCUT2D eigenvalue weighted by Gasteiger charge is 2.29. The molecule has 1 aliphatic rings. The number of carboxylic acid groups (broad SMARTS) is 1. The molecule has 0 bridgehead atoms. The summed E-state index contributed by atoms with van der Waals surface area (Å²) in [5, 5.41) is 19.5. The lowest BCUT2D eigenvalue weighted by Gasteiger charge is -2.24. The molecule has 4 rings (SSSR count). The summed E-state index contributed by atoms with van der Waals surface area (Å²) in [6.45, 7) is 2.06. The number of allylic oxidation sites excluding steroid dienone is 1. The number of carbonyl (C=O) groups excluding carboxylic acids is 1. The van der Waals surface area contributed by atoms with E-state index >= 15 is 0 Å². The highest BCUT2D eigenvalue weighted by Crippen LogP contribution is 2.32. The standard InChI is InChI=1S/C22H20N4O3/c1-2-14-8-10-16(11-9-14)24-21(27)17-13-23-26-19(15-6-4-3-5-7-15)12-18(22(28)29)25-20(17)26/h3-13,19,25H,2H2,1H3,(H,24,27)(H,28,29)/t19-/m1/s1. The zero-order chi connectivity index (χ0) is 20.4. The molecule has 2 aromatic carbocycles. The summed E-state index contributed by atoms with van der Waals surface area (Å²) in [5.41, 5.74) is 3.00. The Balaban J connectivity index is 1.67. The number of nitrogens with one attached hydrogen (secondary N) is 2. The van der Waals surface area contributed by atoms with Crippen LogP contribution in [-0.4, -0.2) is 26.8 Å². The number of rotatable bonds is 5. The second kappa shape index (κ2) is 7.63. The van der Waals surface area contributed by atoms with Crippen LogP contribution in [0.2, 0.25) is 0 Å². The number of carbonyl (C=O) groups is 2. The van der Waals surface area contributed by atoms with E-state index in [0.717, 1.165) is 12.0 Å². The second-order valence-electron chi connectivity index (χ2n) is 6.72. The predicted octanol–water partition coefficient (Wildman–Crippen LogP) is 3.68. The number of hydrogen-bond acceptors (Lipinski definition) is 4. The number of aryl methyl sites for hydroxylation is 1. The number of amides is 1. The Morgan fingerprint density at radius 3 is 2.52 bits per heavy atom. The number of carboxylic acids is 1. The third-order valence-electron chi connectivity index (χ3n) is 4.87. The maximum atomic E-state index is 12.8. The average molecular weight is 388 g/mol. The van der Waals surface area contributed by atoms with Crippen molar-refractivity contribution in [3.05, 3.63) is 89.3 Å². The summed E-state index contributed by atoms with van der Waals surface area (Å²) in [5.74, 6) is -1.11. The van der Waals surface area contributed by atoms with Crippen molar-refractivity contribution < 1.29 is 14.7 Å². The monoisotopic (exact) mass is 388 g/mol. The first kappa shape index (κ1) is 18.5. The van der Waals surface area contributed by atoms with Gasteiger partial charge < -0.3 is 15.7 Å². The molecular formula is C22H20N4O3. The van der Waals surface area contributed by atoms with Crippen LogP contribution in [-0.2, 0) is 11.2 Å². The molecule has 0 unspecified atom stereocenters. The van der Waals surface area contributed by atoms with Gasteiger partial charge in [0.05, 0.1) is 12.2 Å². The molecular weight excluding hydrogens is 368 g/mol. The minimum absolute atomic E-state index is 0.00759. The summed E-state index contributed by atoms with van der Waals surface area (Å²) in [4.78, 5) is 24.5. The van der Waals surface area contributed by atoms with Crippen molar-refractivity contribution in [2.24, 2.45) is 0 Å². The topological polar surface area (TPSA) is 96.3 Å². The highest BCUT2D eigenvalue weighted by molar-refractivity contribution is 6.08. The number of anilines is 2. The number of hydrogen-bond donors (Lipinski definition) is 3. The van der Waals surface area contributed by atoms with Crippen molar-refractivity contribution in [2.75, 3.05) is 10.6 Å². The molecule has 0 fully saturated rings. The SMILES string of the molecule is CCc1ccc(NC(=O)c2cnn3c2NC(C(=O)O)=C[C@@H]3c2ccccc2)cc1. The summed E-state index contributed by atoms with van der Waals surface area (Å²) in [6, 6.07) is 16.6. The highest BCUT2D eigenvalue weighted by atomic mass is 16.4. The van der Waals surface area contributed by atoms with Crippen molar-refractivity contribution in [2.45, 2.75) is 19.4 Å². The Morgan fingerprint density at radius 1 is 1.14 bits per heavy atom. The Labute approximate surface area is 167 Å². The molecule has 3 aromatic rings. The van der Waals surface area contributed by atoms with Gasteiger partial charge in [-0.2, -0.15) is 5.10 Å². The number of fused-ring (bicyclic) bond motifs is 1. The predicted molar refractivity (Wildman–Crippen MR) is 110 cm³/mol. The van der Waals surface area contributed by atoms with Crippen LogP contribution in [0.15, 0.2) is 72.6 Å². The molecule has 1 amide bonds. The molecule has 29 heavy (non-hydrogen) atoms. The van der Waals surface area contributed by atoms with E-state index in [-0.39, 0.29) is 17.2 Å². The lowest BCUT2D eigenvalue weighted by atomic mass is 10.0. The number of benzene rings is 2. The normalized spacial score (nSPS) is 15.1. The van der Waals surface area contributed by atoms with Gasteiger partial charge in [0.15, 0.2) is 0 Å². The number of aliphatic carboxylic acids is 1. The quantitative estimate of drug-likeness (QED) is 0.620. The maximum absolute atomic E-state index is 12.8. The van der Waals surface area contributed by atoms with Crippen LogP contribution in [0.25, 0.3) is 0 Å². The van der Waals surface area contributed by atoms with Crippen LogP contribution in [0.1, 0.15) is 34.5 Å². The van der Waals surface area contributed by atoms with Crippen molar-refractivity contribution in [3.8, 4) is 0 Å². The minimum Gasteiger partial charge on any atom is -0.477 e. The Hall–Kier alpha value is -3.87. The summed E-state index contributed by atoms with van der Waals surface area (Å²) >= 11 is 0. The average Bonchev–Trinajstić information content (AvgIpc) is 3.18. The van der Waals surface area contributed by atoms with Gasteiger partial charge >= 0.3 is 5.97 Å². The van der Waals surface area contributed by atoms with Gasteiger partial charge in [-0.15, -0.1) is 0 Å². The van der Waals surface area contributed by atoms with Crippen LogP contribution in [0.4, 0.5) is 11.5 Å². The van der Waals surface area contributed by atoms with E-state index in [4.69, 9.17) is 0 Å². The molecule has 1 aromatic heterocycles. The zero-order valence-electron chi connectivity index (χ0n) is 15.8. The third-order valence-corrected chi connectivity index (χ3v) is 4.87. The van der Waals surface area contributed by atoms with E-state index in [1.165, 1.54) is 11.8 Å². The summed E-state index contributed by atoms with van der Waals surface area (Å²) in [7, 11) is 0. The Morgan fingerprint density at radius 2 is 1.86 bits per heavy atom. The molecule has 3 N–H and O–H groups in total. The lowest BCUT2D eigenvalue weighted by molar-refractivity contribution is -0.132. The van der Waals surface area contributed by atoms with Crippen LogP contribution >= 0.6 is 0 Å². The van der Waals surface area contributed by atoms with Gasteiger partial charge in [0.1, 0.15) is 17.1 Å². The number of aromatic nitrogens is 2. The van der Waals surface area contributed by atoms with Crippen LogP contribution < -0.4 is 10.6 Å². The molecule has 0 saturated heterocycles. The Kier molecular flexibility index (Phi) is 4.87. The molecule has 0 aliphatic carbocycles. The summed E-state index contributed by atoms with van der Waals surface area (Å²) < 4.78 is 1.62. The molecule has 0 spiro atoms. The van der Waals surface area contributed by atoms with Gasteiger partial charge in [0.25, 0.3) is 5.91 Å². The maximum Gasteiger partial charge on any atom is 0.352 e. The fourth-order valence-corrected chi connectivity index (χ4v) is 3.30. The molecule has 1 atom stereocenters. The first-order valence-corrected chi connectivity index (χ1v) is 9.31. The van der Waals surface area contributed by atoms with Gasteiger partial charge in [-0.3, -0.25) is 4.79 Å². The smallest absolute Gasteiger partial charge is 0.352 e. The van der Waals surface area contributed by atoms with Crippen LogP contribution in [0, 0.1) is 0 Å². The fourth-order valence-electron chi connectivity index (χ4n) is 3.30. The van der Waals surface area contributed by atoms with Gasteiger partial charge in [-0.25, -0.2) is 9.48 Å². The van der Waals surface area contributed by atoms with E-state index in [0.29, 0.717) is 11.5 Å². The molecule has 7 nitrogen and oxygen atoms in total. The van der Waals surface area contributed by atoms with E-state index in [1.54, 1.807) is 10.8 Å². The van der Waals surface area contributed by atoms with Crippen molar-refractivity contribution in [3.63, 3.8) is 0 Å². The summed E-state index contributed by atoms with van der Waals surface area (Å²) in [6.07, 6.45) is 3.95. The lowest BCUT2D eigenvalue weighted by Crippen LogP contribution is -2.25. The zero-order valence-corrected chi connectivity index (χ0v) is 15.8. The second-order valence-corrected chi connectivity index (χ2v) is 6.72. The molecule has 0 radical (unpaired) electrons. The van der Waals surface area contributed by atoms with Gasteiger partial charge in [0, 0.05) is 5.69 Å².